The van der Waals surface area contributed by atoms with Gasteiger partial charge in [0, 0.05) is 18.8 Å². The molecule has 1 atom stereocenters. The highest BCUT2D eigenvalue weighted by Gasteiger charge is 2.18. The van der Waals surface area contributed by atoms with Gasteiger partial charge in [0.05, 0.1) is 6.61 Å². The minimum Gasteiger partial charge on any atom is -0.490 e. The van der Waals surface area contributed by atoms with Crippen LogP contribution in [-0.2, 0) is 0 Å². The zero-order chi connectivity index (χ0) is 12.8. The van der Waals surface area contributed by atoms with E-state index in [4.69, 9.17) is 4.74 Å². The van der Waals surface area contributed by atoms with E-state index in [1.807, 2.05) is 18.3 Å². The Kier molecular flexibility index (Phi) is 4.81. The number of likely N-dealkylation sites (N-methyl/N-ethyl adjacent to an activating group) is 1. The molecule has 0 saturated carbocycles. The number of rotatable bonds is 5. The lowest BCUT2D eigenvalue weighted by atomic mass is 10.1. The predicted octanol–water partition coefficient (Wildman–Crippen LogP) is 2.38. The molecule has 0 aromatic carbocycles. The monoisotopic (exact) mass is 249 g/mol. The molecule has 4 nitrogen and oxygen atoms in total. The first kappa shape index (κ1) is 13.1. The number of pyridine rings is 1. The van der Waals surface area contributed by atoms with E-state index in [2.05, 4.69) is 29.2 Å². The number of aromatic nitrogens is 1. The number of nitrogens with zero attached hydrogens (tertiary/aromatic N) is 2. The summed E-state index contributed by atoms with van der Waals surface area (Å²) in [6, 6.07) is 4.38. The van der Waals surface area contributed by atoms with E-state index in [1.165, 1.54) is 19.4 Å². The number of piperidine rings is 1. The second-order valence-corrected chi connectivity index (χ2v) is 4.94. The fourth-order valence-electron chi connectivity index (χ4n) is 2.31. The molecule has 100 valence electrons. The minimum atomic E-state index is 0.475. The van der Waals surface area contributed by atoms with E-state index in [0.717, 1.165) is 31.1 Å². The van der Waals surface area contributed by atoms with Gasteiger partial charge < -0.3 is 15.0 Å². The Balaban J connectivity index is 1.99. The van der Waals surface area contributed by atoms with Crippen LogP contribution >= 0.6 is 0 Å². The zero-order valence-corrected chi connectivity index (χ0v) is 11.4. The van der Waals surface area contributed by atoms with Crippen LogP contribution in [0.1, 0.15) is 26.2 Å². The Morgan fingerprint density at radius 2 is 2.44 bits per heavy atom. The molecule has 4 heteroatoms. The van der Waals surface area contributed by atoms with Crippen molar-refractivity contribution in [3.63, 3.8) is 0 Å². The van der Waals surface area contributed by atoms with Gasteiger partial charge in [0.15, 0.2) is 11.6 Å². The number of hydrogen-bond acceptors (Lipinski definition) is 4. The molecule has 0 bridgehead atoms. The molecule has 1 saturated heterocycles. The van der Waals surface area contributed by atoms with Crippen LogP contribution in [-0.4, -0.2) is 42.7 Å². The molecule has 1 fully saturated rings. The molecule has 0 spiro atoms. The maximum absolute atomic E-state index is 5.72. The van der Waals surface area contributed by atoms with Crippen molar-refractivity contribution < 1.29 is 4.74 Å². The lowest BCUT2D eigenvalue weighted by Crippen LogP contribution is -2.39. The van der Waals surface area contributed by atoms with Crippen LogP contribution in [0.15, 0.2) is 18.3 Å². The van der Waals surface area contributed by atoms with Crippen LogP contribution in [0.4, 0.5) is 5.82 Å². The molecule has 1 N–H and O–H groups in total. The molecular formula is C14H23N3O. The van der Waals surface area contributed by atoms with Crippen LogP contribution in [0, 0.1) is 0 Å². The third-order valence-corrected chi connectivity index (χ3v) is 3.20. The van der Waals surface area contributed by atoms with Gasteiger partial charge in [-0.1, -0.05) is 6.92 Å². The maximum Gasteiger partial charge on any atom is 0.169 e. The molecule has 0 amide bonds. The first-order chi connectivity index (χ1) is 8.79. The number of anilines is 1. The van der Waals surface area contributed by atoms with Crippen LogP contribution in [0.5, 0.6) is 5.75 Å². The van der Waals surface area contributed by atoms with E-state index < -0.39 is 0 Å². The number of hydrogen-bond donors (Lipinski definition) is 1. The first-order valence-corrected chi connectivity index (χ1v) is 6.82. The molecule has 0 aliphatic carbocycles. The topological polar surface area (TPSA) is 37.4 Å². The summed E-state index contributed by atoms with van der Waals surface area (Å²) in [5.41, 5.74) is 0. The van der Waals surface area contributed by atoms with Crippen molar-refractivity contribution in [3.8, 4) is 5.75 Å². The van der Waals surface area contributed by atoms with Crippen molar-refractivity contribution in [1.29, 1.82) is 0 Å². The highest BCUT2D eigenvalue weighted by atomic mass is 16.5. The summed E-state index contributed by atoms with van der Waals surface area (Å²) >= 11 is 0. The third kappa shape index (κ3) is 3.60. The lowest BCUT2D eigenvalue weighted by Gasteiger charge is -2.30. The summed E-state index contributed by atoms with van der Waals surface area (Å²) in [4.78, 5) is 6.75. The third-order valence-electron chi connectivity index (χ3n) is 3.20. The van der Waals surface area contributed by atoms with Crippen molar-refractivity contribution in [1.82, 2.24) is 9.88 Å². The Morgan fingerprint density at radius 3 is 3.22 bits per heavy atom. The SMILES string of the molecule is CCCOc1cccnc1NC1CCCN(C)C1. The van der Waals surface area contributed by atoms with Gasteiger partial charge in [-0.05, 0) is 45.0 Å². The maximum atomic E-state index is 5.72. The van der Waals surface area contributed by atoms with Gasteiger partial charge in [0.25, 0.3) is 0 Å². The van der Waals surface area contributed by atoms with E-state index in [0.29, 0.717) is 6.04 Å². The van der Waals surface area contributed by atoms with Gasteiger partial charge >= 0.3 is 0 Å². The molecule has 0 radical (unpaired) electrons. The number of likely N-dealkylation sites (tertiary alicyclic amines) is 1. The Bertz CT molecular complexity index is 370. The average Bonchev–Trinajstić information content (AvgIpc) is 2.38. The Labute approximate surface area is 109 Å². The van der Waals surface area contributed by atoms with Crippen molar-refractivity contribution >= 4 is 5.82 Å². The number of nitrogens with one attached hydrogen (secondary N) is 1. The number of ether oxygens (including phenoxy) is 1. The van der Waals surface area contributed by atoms with Crippen LogP contribution in [0.3, 0.4) is 0 Å². The summed E-state index contributed by atoms with van der Waals surface area (Å²) in [6.45, 7) is 5.12. The molecule has 1 aromatic rings. The van der Waals surface area contributed by atoms with Crippen molar-refractivity contribution in [2.75, 3.05) is 32.1 Å². The molecule has 2 heterocycles. The van der Waals surface area contributed by atoms with Crippen LogP contribution in [0.2, 0.25) is 0 Å². The summed E-state index contributed by atoms with van der Waals surface area (Å²) in [6.07, 6.45) is 5.27. The molecule has 1 aliphatic heterocycles. The molecule has 18 heavy (non-hydrogen) atoms. The Morgan fingerprint density at radius 1 is 1.56 bits per heavy atom. The van der Waals surface area contributed by atoms with Gasteiger partial charge in [0.2, 0.25) is 0 Å². The van der Waals surface area contributed by atoms with Gasteiger partial charge in [-0.15, -0.1) is 0 Å². The average molecular weight is 249 g/mol. The standard InChI is InChI=1S/C14H23N3O/c1-3-10-18-13-7-4-8-15-14(13)16-12-6-5-9-17(2)11-12/h4,7-8,12H,3,5-6,9-11H2,1-2H3,(H,15,16). The van der Waals surface area contributed by atoms with Gasteiger partial charge in [0.1, 0.15) is 0 Å². The van der Waals surface area contributed by atoms with E-state index in [9.17, 15) is 0 Å². The summed E-state index contributed by atoms with van der Waals surface area (Å²) in [7, 11) is 2.17. The molecule has 2 rings (SSSR count). The quantitative estimate of drug-likeness (QED) is 0.869. The first-order valence-electron chi connectivity index (χ1n) is 6.82. The van der Waals surface area contributed by atoms with Gasteiger partial charge in [-0.3, -0.25) is 0 Å². The highest BCUT2D eigenvalue weighted by Crippen LogP contribution is 2.23. The largest absolute Gasteiger partial charge is 0.490 e. The second-order valence-electron chi connectivity index (χ2n) is 4.94. The van der Waals surface area contributed by atoms with Crippen molar-refractivity contribution in [2.45, 2.75) is 32.2 Å². The second kappa shape index (κ2) is 6.59. The molecule has 1 aliphatic rings. The Hall–Kier alpha value is -1.29. The highest BCUT2D eigenvalue weighted by molar-refractivity contribution is 5.50. The van der Waals surface area contributed by atoms with Crippen molar-refractivity contribution in [2.24, 2.45) is 0 Å². The summed E-state index contributed by atoms with van der Waals surface area (Å²) < 4.78 is 5.72. The summed E-state index contributed by atoms with van der Waals surface area (Å²) in [5, 5.41) is 3.51. The lowest BCUT2D eigenvalue weighted by molar-refractivity contribution is 0.259. The zero-order valence-electron chi connectivity index (χ0n) is 11.4. The fraction of sp³-hybridized carbons (Fsp3) is 0.643. The van der Waals surface area contributed by atoms with Crippen molar-refractivity contribution in [3.05, 3.63) is 18.3 Å². The van der Waals surface area contributed by atoms with E-state index in [-0.39, 0.29) is 0 Å². The molecule has 1 unspecified atom stereocenters. The van der Waals surface area contributed by atoms with Crippen LogP contribution in [0.25, 0.3) is 0 Å². The van der Waals surface area contributed by atoms with Gasteiger partial charge in [-0.2, -0.15) is 0 Å². The smallest absolute Gasteiger partial charge is 0.169 e. The van der Waals surface area contributed by atoms with Gasteiger partial charge in [-0.25, -0.2) is 4.98 Å². The normalized spacial score (nSPS) is 20.7. The van der Waals surface area contributed by atoms with E-state index >= 15 is 0 Å². The summed E-state index contributed by atoms with van der Waals surface area (Å²) in [5.74, 6) is 1.75. The molecular weight excluding hydrogens is 226 g/mol. The van der Waals surface area contributed by atoms with Crippen LogP contribution < -0.4 is 10.1 Å². The van der Waals surface area contributed by atoms with E-state index in [1.54, 1.807) is 0 Å². The molecule has 1 aromatic heterocycles. The minimum absolute atomic E-state index is 0.475. The predicted molar refractivity (Wildman–Crippen MR) is 74.2 cm³/mol. The fourth-order valence-corrected chi connectivity index (χ4v) is 2.31.